The normalized spacial score (nSPS) is 11.4. The van der Waals surface area contributed by atoms with Crippen LogP contribution in [0, 0.1) is 17.3 Å². The molecule has 0 bridgehead atoms. The van der Waals surface area contributed by atoms with Gasteiger partial charge in [-0.2, -0.15) is 4.90 Å². The van der Waals surface area contributed by atoms with Crippen LogP contribution < -0.4 is 4.90 Å². The van der Waals surface area contributed by atoms with Gasteiger partial charge >= 0.3 is 12.2 Å². The molecule has 0 saturated carbocycles. The quantitative estimate of drug-likeness (QED) is 0.490. The van der Waals surface area contributed by atoms with Gasteiger partial charge in [-0.1, -0.05) is 44.9 Å². The second-order valence-corrected chi connectivity index (χ2v) is 9.65. The van der Waals surface area contributed by atoms with Gasteiger partial charge in [-0.3, -0.25) is 0 Å². The molecule has 0 saturated heterocycles. The summed E-state index contributed by atoms with van der Waals surface area (Å²) in [4.78, 5) is 34.0. The summed E-state index contributed by atoms with van der Waals surface area (Å²) in [5.74, 6) is 4.60. The average Bonchev–Trinajstić information content (AvgIpc) is 3.27. The summed E-state index contributed by atoms with van der Waals surface area (Å²) in [6, 6.07) is 8.91. The number of aromatic nitrogens is 4. The Labute approximate surface area is 208 Å². The second-order valence-electron chi connectivity index (χ2n) is 9.65. The molecule has 0 atom stereocenters. The number of ether oxygens (including phenoxy) is 1. The molecule has 1 aromatic carbocycles. The van der Waals surface area contributed by atoms with Crippen molar-refractivity contribution in [3.8, 4) is 34.9 Å². The Balaban J connectivity index is 2.08. The number of amides is 2. The minimum absolute atomic E-state index is 0.0917. The molecule has 188 valence electrons. The van der Waals surface area contributed by atoms with Crippen molar-refractivity contribution in [2.24, 2.45) is 5.41 Å². The number of anilines is 1. The first-order valence-electron chi connectivity index (χ1n) is 11.0. The van der Waals surface area contributed by atoms with Crippen molar-refractivity contribution in [1.82, 2.24) is 20.2 Å². The van der Waals surface area contributed by atoms with Crippen molar-refractivity contribution in [3.63, 3.8) is 0 Å². The fourth-order valence-corrected chi connectivity index (χ4v) is 3.75. The lowest BCUT2D eigenvalue weighted by Gasteiger charge is -2.33. The van der Waals surface area contributed by atoms with E-state index < -0.39 is 30.2 Å². The zero-order valence-corrected chi connectivity index (χ0v) is 20.6. The fourth-order valence-electron chi connectivity index (χ4n) is 3.75. The van der Waals surface area contributed by atoms with E-state index in [0.717, 1.165) is 0 Å². The Kier molecular flexibility index (Phi) is 7.70. The number of carbonyl (C=O) groups is 2. The summed E-state index contributed by atoms with van der Waals surface area (Å²) in [5.41, 5.74) is -0.640. The first-order chi connectivity index (χ1) is 16.9. The van der Waals surface area contributed by atoms with Crippen LogP contribution in [0.5, 0.6) is 0 Å². The number of nitrogens with zero attached hydrogens (tertiary/aromatic N) is 5. The molecule has 11 heteroatoms. The third-order valence-corrected chi connectivity index (χ3v) is 4.60. The van der Waals surface area contributed by atoms with E-state index in [0.29, 0.717) is 16.9 Å². The second kappa shape index (κ2) is 10.5. The largest absolute Gasteiger partial charge is 0.464 e. The Morgan fingerprint density at radius 3 is 2.36 bits per heavy atom. The summed E-state index contributed by atoms with van der Waals surface area (Å²) in [7, 11) is 0. The van der Waals surface area contributed by atoms with E-state index in [4.69, 9.17) is 14.3 Å². The van der Waals surface area contributed by atoms with E-state index in [1.165, 1.54) is 6.20 Å². The lowest BCUT2D eigenvalue weighted by molar-refractivity contribution is 0.0145. The third-order valence-electron chi connectivity index (χ3n) is 4.60. The Bertz CT molecular complexity index is 1300. The maximum absolute atomic E-state index is 13.1. The molecule has 2 heterocycles. The van der Waals surface area contributed by atoms with Gasteiger partial charge in [0.15, 0.2) is 11.5 Å². The molecular formula is C25H27N5O6. The van der Waals surface area contributed by atoms with Crippen molar-refractivity contribution in [3.05, 3.63) is 42.2 Å². The van der Waals surface area contributed by atoms with Gasteiger partial charge in [0.25, 0.3) is 5.89 Å². The Hall–Kier alpha value is -4.30. The van der Waals surface area contributed by atoms with Gasteiger partial charge in [0.1, 0.15) is 17.9 Å². The number of carbonyl (C=O) groups excluding carboxylic acids is 1. The van der Waals surface area contributed by atoms with Crippen LogP contribution in [-0.4, -0.2) is 54.8 Å². The van der Waals surface area contributed by atoms with E-state index in [1.54, 1.807) is 38.1 Å². The predicted molar refractivity (Wildman–Crippen MR) is 130 cm³/mol. The topological polar surface area (TPSA) is 152 Å². The minimum atomic E-state index is -1.64. The van der Waals surface area contributed by atoms with E-state index in [-0.39, 0.29) is 28.6 Å². The lowest BCUT2D eigenvalue weighted by Crippen LogP contribution is -2.43. The van der Waals surface area contributed by atoms with Gasteiger partial charge in [0, 0.05) is 5.56 Å². The number of aliphatic hydroxyl groups excluding tert-OH is 1. The number of imide groups is 1. The van der Waals surface area contributed by atoms with Crippen molar-refractivity contribution >= 4 is 18.0 Å². The predicted octanol–water partition coefficient (Wildman–Crippen LogP) is 4.37. The molecule has 2 amide bonds. The van der Waals surface area contributed by atoms with Crippen LogP contribution in [-0.2, 0) is 4.74 Å². The van der Waals surface area contributed by atoms with Gasteiger partial charge in [-0.05, 0) is 43.7 Å². The van der Waals surface area contributed by atoms with E-state index in [2.05, 4.69) is 32.0 Å². The fraction of sp³-hybridized carbons (Fsp3) is 0.360. The van der Waals surface area contributed by atoms with Crippen molar-refractivity contribution in [2.75, 3.05) is 11.5 Å². The van der Waals surface area contributed by atoms with Crippen LogP contribution in [0.3, 0.4) is 0 Å². The van der Waals surface area contributed by atoms with Crippen molar-refractivity contribution < 1.29 is 29.0 Å². The Morgan fingerprint density at radius 2 is 1.75 bits per heavy atom. The molecule has 0 radical (unpaired) electrons. The minimum Gasteiger partial charge on any atom is -0.464 e. The summed E-state index contributed by atoms with van der Waals surface area (Å²) in [6.45, 7) is 8.91. The van der Waals surface area contributed by atoms with Gasteiger partial charge in [-0.15, -0.1) is 10.2 Å². The van der Waals surface area contributed by atoms with Crippen LogP contribution in [0.15, 0.2) is 40.9 Å². The number of hydrogen-bond donors (Lipinski definition) is 2. The average molecular weight is 494 g/mol. The van der Waals surface area contributed by atoms with Crippen molar-refractivity contribution in [1.29, 1.82) is 0 Å². The van der Waals surface area contributed by atoms with E-state index in [9.17, 15) is 14.7 Å². The smallest absolute Gasteiger partial charge is 0.425 e. The zero-order valence-electron chi connectivity index (χ0n) is 20.6. The molecule has 0 aliphatic carbocycles. The van der Waals surface area contributed by atoms with Gasteiger partial charge in [0.2, 0.25) is 5.89 Å². The molecule has 0 aliphatic heterocycles. The highest BCUT2D eigenvalue weighted by Gasteiger charge is 2.36. The molecule has 11 nitrogen and oxygen atoms in total. The van der Waals surface area contributed by atoms with Crippen LogP contribution in [0.2, 0.25) is 0 Å². The van der Waals surface area contributed by atoms with Gasteiger partial charge in [0.05, 0.1) is 6.20 Å². The first kappa shape index (κ1) is 26.3. The first-order valence-corrected chi connectivity index (χ1v) is 11.0. The molecule has 2 N–H and O–H groups in total. The summed E-state index contributed by atoms with van der Waals surface area (Å²) < 4.78 is 11.3. The molecule has 2 aromatic heterocycles. The van der Waals surface area contributed by atoms with E-state index >= 15 is 0 Å². The maximum atomic E-state index is 13.1. The van der Waals surface area contributed by atoms with Crippen molar-refractivity contribution in [2.45, 2.75) is 46.6 Å². The van der Waals surface area contributed by atoms with Crippen LogP contribution >= 0.6 is 0 Å². The number of carboxylic acid groups (broad SMARTS) is 1. The highest BCUT2D eigenvalue weighted by atomic mass is 16.6. The molecule has 36 heavy (non-hydrogen) atoms. The van der Waals surface area contributed by atoms with E-state index in [1.807, 2.05) is 26.8 Å². The molecule has 0 spiro atoms. The standard InChI is InChI=1S/C25H27N5O6/c1-24(2,3)15-25(4,5)36-23(34)30(22(32)33)19-18(27-17(14-26-19)12-9-13-31)21-29-28-20(35-21)16-10-7-6-8-11-16/h6-8,10-11,14,31H,13,15H2,1-5H3,(H,32,33). The number of hydrogen-bond acceptors (Lipinski definition) is 9. The zero-order chi connectivity index (χ0) is 26.5. The summed E-state index contributed by atoms with van der Waals surface area (Å²) in [5, 5.41) is 26.9. The van der Waals surface area contributed by atoms with Crippen LogP contribution in [0.25, 0.3) is 23.0 Å². The molecule has 3 rings (SSSR count). The highest BCUT2D eigenvalue weighted by molar-refractivity contribution is 6.09. The summed E-state index contributed by atoms with van der Waals surface area (Å²) in [6.07, 6.45) is -1.17. The number of rotatable bonds is 5. The number of aliphatic hydroxyl groups is 1. The van der Waals surface area contributed by atoms with Gasteiger partial charge in [-0.25, -0.2) is 19.6 Å². The summed E-state index contributed by atoms with van der Waals surface area (Å²) >= 11 is 0. The SMILES string of the molecule is CC(C)(C)CC(C)(C)OC(=O)N(C(=O)O)c1ncc(C#CCO)nc1-c1nnc(-c2ccccc2)o1. The number of benzene rings is 1. The molecule has 3 aromatic rings. The van der Waals surface area contributed by atoms with Crippen LogP contribution in [0.4, 0.5) is 15.4 Å². The van der Waals surface area contributed by atoms with Gasteiger partial charge < -0.3 is 19.4 Å². The van der Waals surface area contributed by atoms with Crippen LogP contribution in [0.1, 0.15) is 46.7 Å². The third kappa shape index (κ3) is 6.64. The monoisotopic (exact) mass is 493 g/mol. The maximum Gasteiger partial charge on any atom is 0.425 e. The lowest BCUT2D eigenvalue weighted by atomic mass is 9.84. The highest BCUT2D eigenvalue weighted by Crippen LogP contribution is 2.33. The Morgan fingerprint density at radius 1 is 1.08 bits per heavy atom. The molecule has 0 aliphatic rings. The molecule has 0 fully saturated rings. The molecule has 0 unspecified atom stereocenters. The molecular weight excluding hydrogens is 466 g/mol.